The van der Waals surface area contributed by atoms with E-state index in [1.54, 1.807) is 12.1 Å². The number of carboxylic acid groups (broad SMARTS) is 1. The van der Waals surface area contributed by atoms with E-state index in [4.69, 9.17) is 0 Å². The molecule has 0 radical (unpaired) electrons. The Morgan fingerprint density at radius 1 is 1.30 bits per heavy atom. The van der Waals surface area contributed by atoms with Gasteiger partial charge in [-0.2, -0.15) is 0 Å². The summed E-state index contributed by atoms with van der Waals surface area (Å²) in [4.78, 5) is 22.9. The van der Waals surface area contributed by atoms with E-state index in [1.807, 2.05) is 6.08 Å². The lowest BCUT2D eigenvalue weighted by Gasteiger charge is -2.31. The highest BCUT2D eigenvalue weighted by Gasteiger charge is 2.39. The van der Waals surface area contributed by atoms with Crippen molar-refractivity contribution in [2.75, 3.05) is 0 Å². The molecule has 2 atom stereocenters. The maximum Gasteiger partial charge on any atom is 0.408 e. The van der Waals surface area contributed by atoms with Crippen molar-refractivity contribution in [1.29, 1.82) is 0 Å². The minimum absolute atomic E-state index is 0.0349. The Morgan fingerprint density at radius 3 is 2.55 bits per heavy atom. The number of fused-ring (bicyclic) bond motifs is 2. The molecule has 1 aromatic carbocycles. The van der Waals surface area contributed by atoms with Crippen LogP contribution in [0.15, 0.2) is 30.3 Å². The van der Waals surface area contributed by atoms with Crippen LogP contribution >= 0.6 is 0 Å². The summed E-state index contributed by atoms with van der Waals surface area (Å²) in [5.41, 5.74) is 2.10. The Morgan fingerprint density at radius 2 is 2.00 bits per heavy atom. The molecule has 1 fully saturated rings. The van der Waals surface area contributed by atoms with Gasteiger partial charge in [-0.25, -0.2) is 4.79 Å². The topological polar surface area (TPSA) is 83.7 Å². The number of rotatable bonds is 2. The molecule has 2 heterocycles. The molecular weight excluding hydrogens is 260 g/mol. The van der Waals surface area contributed by atoms with Gasteiger partial charge in [0.15, 0.2) is 0 Å². The minimum atomic E-state index is -0.864. The molecule has 2 unspecified atom stereocenters. The summed E-state index contributed by atoms with van der Waals surface area (Å²) in [5, 5.41) is 19.8. The molecule has 0 saturated carbocycles. The Labute approximate surface area is 115 Å². The first kappa shape index (κ1) is 12.7. The molecule has 6 heteroatoms. The first-order valence-corrected chi connectivity index (χ1v) is 6.53. The molecule has 1 amide bonds. The number of nitro groups is 1. The first-order valence-electron chi connectivity index (χ1n) is 6.53. The van der Waals surface area contributed by atoms with Gasteiger partial charge in [0.05, 0.1) is 11.0 Å². The van der Waals surface area contributed by atoms with Crippen LogP contribution in [0.3, 0.4) is 0 Å². The highest BCUT2D eigenvalue weighted by molar-refractivity contribution is 5.74. The molecule has 2 bridgehead atoms. The van der Waals surface area contributed by atoms with E-state index < -0.39 is 11.0 Å². The predicted octanol–water partition coefficient (Wildman–Crippen LogP) is 2.89. The van der Waals surface area contributed by atoms with Gasteiger partial charge in [-0.05, 0) is 42.5 Å². The van der Waals surface area contributed by atoms with E-state index in [-0.39, 0.29) is 17.8 Å². The van der Waals surface area contributed by atoms with E-state index in [2.05, 4.69) is 0 Å². The Bertz CT molecular complexity index is 594. The molecular formula is C14H14N2O4. The fourth-order valence-electron chi connectivity index (χ4n) is 3.14. The Hall–Kier alpha value is -2.37. The van der Waals surface area contributed by atoms with Crippen LogP contribution in [-0.4, -0.2) is 33.1 Å². The second kappa shape index (κ2) is 4.63. The monoisotopic (exact) mass is 274 g/mol. The highest BCUT2D eigenvalue weighted by Crippen LogP contribution is 2.38. The Kier molecular flexibility index (Phi) is 2.93. The van der Waals surface area contributed by atoms with Crippen LogP contribution in [0.1, 0.15) is 24.8 Å². The van der Waals surface area contributed by atoms with Gasteiger partial charge >= 0.3 is 6.09 Å². The molecule has 2 aliphatic heterocycles. The number of nitro benzene ring substituents is 1. The average molecular weight is 274 g/mol. The summed E-state index contributed by atoms with van der Waals surface area (Å²) in [7, 11) is 0. The summed E-state index contributed by atoms with van der Waals surface area (Å²) < 4.78 is 0. The van der Waals surface area contributed by atoms with Crippen LogP contribution in [0.4, 0.5) is 10.5 Å². The molecule has 3 rings (SSSR count). The van der Waals surface area contributed by atoms with Crippen LogP contribution in [0, 0.1) is 10.1 Å². The smallest absolute Gasteiger partial charge is 0.408 e. The van der Waals surface area contributed by atoms with E-state index in [1.165, 1.54) is 17.0 Å². The quantitative estimate of drug-likeness (QED) is 0.663. The summed E-state index contributed by atoms with van der Waals surface area (Å²) in [6, 6.07) is 6.42. The largest absolute Gasteiger partial charge is 0.465 e. The number of amides is 1. The summed E-state index contributed by atoms with van der Waals surface area (Å²) in [6.45, 7) is 0. The lowest BCUT2D eigenvalue weighted by molar-refractivity contribution is -0.384. The van der Waals surface area contributed by atoms with Crippen LogP contribution in [0.2, 0.25) is 0 Å². The van der Waals surface area contributed by atoms with Gasteiger partial charge in [0.25, 0.3) is 5.69 Å². The number of non-ortho nitro benzene ring substituents is 1. The van der Waals surface area contributed by atoms with Crippen LogP contribution < -0.4 is 0 Å². The first-order chi connectivity index (χ1) is 9.56. The number of hydrogen-bond acceptors (Lipinski definition) is 3. The molecule has 0 aromatic heterocycles. The SMILES string of the molecule is O=C(O)N1C2C=C(c3ccc([N+](=O)[O-])cc3)CC1CC2. The van der Waals surface area contributed by atoms with Crippen molar-refractivity contribution >= 4 is 17.4 Å². The van der Waals surface area contributed by atoms with Gasteiger partial charge in [-0.15, -0.1) is 0 Å². The third-order valence-electron chi connectivity index (χ3n) is 4.07. The number of benzene rings is 1. The summed E-state index contributed by atoms with van der Waals surface area (Å²) in [5.74, 6) is 0. The van der Waals surface area contributed by atoms with Gasteiger partial charge in [-0.1, -0.05) is 6.08 Å². The zero-order valence-electron chi connectivity index (χ0n) is 10.7. The fraction of sp³-hybridized carbons (Fsp3) is 0.357. The normalized spacial score (nSPS) is 24.4. The van der Waals surface area contributed by atoms with E-state index >= 15 is 0 Å². The van der Waals surface area contributed by atoms with E-state index in [0.29, 0.717) is 6.42 Å². The number of hydrogen-bond donors (Lipinski definition) is 1. The molecule has 20 heavy (non-hydrogen) atoms. The van der Waals surface area contributed by atoms with Crippen molar-refractivity contribution in [3.8, 4) is 0 Å². The Balaban J connectivity index is 1.87. The van der Waals surface area contributed by atoms with Gasteiger partial charge in [-0.3, -0.25) is 15.0 Å². The minimum Gasteiger partial charge on any atom is -0.465 e. The van der Waals surface area contributed by atoms with Crippen LogP contribution in [-0.2, 0) is 0 Å². The lowest BCUT2D eigenvalue weighted by atomic mass is 9.95. The van der Waals surface area contributed by atoms with Crippen molar-refractivity contribution in [3.63, 3.8) is 0 Å². The van der Waals surface area contributed by atoms with Crippen molar-refractivity contribution < 1.29 is 14.8 Å². The van der Waals surface area contributed by atoms with Crippen molar-refractivity contribution in [1.82, 2.24) is 4.90 Å². The molecule has 0 spiro atoms. The zero-order chi connectivity index (χ0) is 14.3. The van der Waals surface area contributed by atoms with Crippen molar-refractivity contribution in [2.24, 2.45) is 0 Å². The molecule has 104 valence electrons. The third kappa shape index (κ3) is 2.03. The molecule has 1 saturated heterocycles. The second-order valence-electron chi connectivity index (χ2n) is 5.19. The molecule has 0 aliphatic carbocycles. The second-order valence-corrected chi connectivity index (χ2v) is 5.19. The molecule has 6 nitrogen and oxygen atoms in total. The summed E-state index contributed by atoms with van der Waals surface area (Å²) >= 11 is 0. The van der Waals surface area contributed by atoms with Crippen molar-refractivity contribution in [2.45, 2.75) is 31.3 Å². The molecule has 1 aromatic rings. The number of carbonyl (C=O) groups is 1. The van der Waals surface area contributed by atoms with Gasteiger partial charge in [0.2, 0.25) is 0 Å². The van der Waals surface area contributed by atoms with Gasteiger partial charge in [0, 0.05) is 18.2 Å². The maximum absolute atomic E-state index is 11.2. The zero-order valence-corrected chi connectivity index (χ0v) is 10.7. The standard InChI is InChI=1S/C14H14N2O4/c17-14(18)15-12-5-6-13(15)8-10(7-12)9-1-3-11(4-2-9)16(19)20/h1-4,7,12-13H,5-6,8H2,(H,17,18). The van der Waals surface area contributed by atoms with Gasteiger partial charge in [0.1, 0.15) is 0 Å². The number of nitrogens with zero attached hydrogens (tertiary/aromatic N) is 2. The molecule has 1 N–H and O–H groups in total. The van der Waals surface area contributed by atoms with Crippen LogP contribution in [0.5, 0.6) is 0 Å². The van der Waals surface area contributed by atoms with E-state index in [9.17, 15) is 20.0 Å². The lowest BCUT2D eigenvalue weighted by Crippen LogP contribution is -2.41. The summed E-state index contributed by atoms with van der Waals surface area (Å²) in [6.07, 6.45) is 3.54. The van der Waals surface area contributed by atoms with Gasteiger partial charge < -0.3 is 5.11 Å². The van der Waals surface area contributed by atoms with E-state index in [0.717, 1.165) is 24.0 Å². The predicted molar refractivity (Wildman–Crippen MR) is 72.4 cm³/mol. The highest BCUT2D eigenvalue weighted by atomic mass is 16.6. The fourth-order valence-corrected chi connectivity index (χ4v) is 3.14. The maximum atomic E-state index is 11.2. The average Bonchev–Trinajstić information content (AvgIpc) is 2.70. The van der Waals surface area contributed by atoms with Crippen LogP contribution in [0.25, 0.3) is 5.57 Å². The van der Waals surface area contributed by atoms with Crippen molar-refractivity contribution in [3.05, 3.63) is 46.0 Å². The molecule has 2 aliphatic rings. The third-order valence-corrected chi connectivity index (χ3v) is 4.07.